The van der Waals surface area contributed by atoms with E-state index < -0.39 is 0 Å². The molecule has 0 amide bonds. The van der Waals surface area contributed by atoms with E-state index in [4.69, 9.17) is 10.5 Å². The third-order valence-electron chi connectivity index (χ3n) is 4.38. The number of ether oxygens (including phenoxy) is 1. The zero-order valence-corrected chi connectivity index (χ0v) is 11.9. The van der Waals surface area contributed by atoms with Gasteiger partial charge in [0.15, 0.2) is 0 Å². The van der Waals surface area contributed by atoms with Gasteiger partial charge < -0.3 is 10.5 Å². The van der Waals surface area contributed by atoms with E-state index in [1.54, 1.807) is 0 Å². The zero-order chi connectivity index (χ0) is 13.2. The predicted octanol–water partition coefficient (Wildman–Crippen LogP) is 2.91. The molecular weight excluding hydrogens is 222 g/mol. The highest BCUT2D eigenvalue weighted by molar-refractivity contribution is 5.38. The van der Waals surface area contributed by atoms with Crippen LogP contribution in [0.15, 0.2) is 12.1 Å². The van der Waals surface area contributed by atoms with Crippen molar-refractivity contribution in [3.63, 3.8) is 0 Å². The van der Waals surface area contributed by atoms with Gasteiger partial charge in [-0.2, -0.15) is 0 Å². The van der Waals surface area contributed by atoms with Crippen LogP contribution in [-0.4, -0.2) is 19.8 Å². The molecule has 18 heavy (non-hydrogen) atoms. The van der Waals surface area contributed by atoms with E-state index in [2.05, 4.69) is 32.9 Å². The topological polar surface area (TPSA) is 35.2 Å². The average molecular weight is 247 g/mol. The molecule has 1 saturated heterocycles. The summed E-state index contributed by atoms with van der Waals surface area (Å²) in [5, 5.41) is 0. The Labute approximate surface area is 111 Å². The smallest absolute Gasteiger partial charge is 0.0471 e. The van der Waals surface area contributed by atoms with Crippen molar-refractivity contribution in [2.45, 2.75) is 40.0 Å². The number of benzene rings is 1. The highest BCUT2D eigenvalue weighted by Crippen LogP contribution is 2.35. The van der Waals surface area contributed by atoms with Crippen LogP contribution in [0.5, 0.6) is 0 Å². The molecule has 1 aromatic rings. The number of aryl methyl sites for hydroxylation is 3. The molecule has 100 valence electrons. The van der Waals surface area contributed by atoms with E-state index in [-0.39, 0.29) is 5.41 Å². The molecule has 1 heterocycles. The Morgan fingerprint density at radius 3 is 2.17 bits per heavy atom. The van der Waals surface area contributed by atoms with E-state index in [9.17, 15) is 0 Å². The van der Waals surface area contributed by atoms with Gasteiger partial charge in [-0.05, 0) is 68.7 Å². The standard InChI is InChI=1S/C16H25NO/c1-12-8-13(2)15(14(3)9-12)10-16(11-17)4-6-18-7-5-16/h8-9H,4-7,10-11,17H2,1-3H3. The third kappa shape index (κ3) is 2.76. The van der Waals surface area contributed by atoms with E-state index >= 15 is 0 Å². The third-order valence-corrected chi connectivity index (χ3v) is 4.38. The van der Waals surface area contributed by atoms with Gasteiger partial charge >= 0.3 is 0 Å². The highest BCUT2D eigenvalue weighted by atomic mass is 16.5. The van der Waals surface area contributed by atoms with Crippen LogP contribution < -0.4 is 5.73 Å². The van der Waals surface area contributed by atoms with E-state index in [1.807, 2.05) is 0 Å². The van der Waals surface area contributed by atoms with Gasteiger partial charge in [0, 0.05) is 13.2 Å². The average Bonchev–Trinajstić information content (AvgIpc) is 2.35. The fraction of sp³-hybridized carbons (Fsp3) is 0.625. The molecule has 1 aliphatic heterocycles. The lowest BCUT2D eigenvalue weighted by molar-refractivity contribution is 0.0190. The van der Waals surface area contributed by atoms with E-state index in [0.717, 1.165) is 39.0 Å². The Morgan fingerprint density at radius 2 is 1.67 bits per heavy atom. The van der Waals surface area contributed by atoms with Crippen LogP contribution in [0.4, 0.5) is 0 Å². The maximum absolute atomic E-state index is 6.06. The molecule has 1 aliphatic rings. The lowest BCUT2D eigenvalue weighted by Crippen LogP contribution is -2.38. The molecule has 1 fully saturated rings. The molecule has 2 nitrogen and oxygen atoms in total. The minimum absolute atomic E-state index is 0.253. The molecule has 0 atom stereocenters. The summed E-state index contributed by atoms with van der Waals surface area (Å²) in [6, 6.07) is 4.57. The van der Waals surface area contributed by atoms with Crippen molar-refractivity contribution in [3.8, 4) is 0 Å². The fourth-order valence-electron chi connectivity index (χ4n) is 3.12. The number of hydrogen-bond acceptors (Lipinski definition) is 2. The van der Waals surface area contributed by atoms with Gasteiger partial charge in [0.05, 0.1) is 0 Å². The SMILES string of the molecule is Cc1cc(C)c(CC2(CN)CCOCC2)c(C)c1. The summed E-state index contributed by atoms with van der Waals surface area (Å²) < 4.78 is 5.49. The van der Waals surface area contributed by atoms with Crippen LogP contribution in [0.1, 0.15) is 35.1 Å². The summed E-state index contributed by atoms with van der Waals surface area (Å²) in [7, 11) is 0. The zero-order valence-electron chi connectivity index (χ0n) is 11.9. The van der Waals surface area contributed by atoms with Crippen molar-refractivity contribution in [2.75, 3.05) is 19.8 Å². The molecule has 0 unspecified atom stereocenters. The lowest BCUT2D eigenvalue weighted by Gasteiger charge is -2.37. The summed E-state index contributed by atoms with van der Waals surface area (Å²) in [5.41, 5.74) is 12.0. The summed E-state index contributed by atoms with van der Waals surface area (Å²) in [6.07, 6.45) is 3.29. The van der Waals surface area contributed by atoms with Crippen LogP contribution in [0.25, 0.3) is 0 Å². The summed E-state index contributed by atoms with van der Waals surface area (Å²) in [4.78, 5) is 0. The Hall–Kier alpha value is -0.860. The molecule has 0 saturated carbocycles. The van der Waals surface area contributed by atoms with Gasteiger partial charge in [-0.15, -0.1) is 0 Å². The summed E-state index contributed by atoms with van der Waals surface area (Å²) in [5.74, 6) is 0. The second-order valence-electron chi connectivity index (χ2n) is 5.87. The second-order valence-corrected chi connectivity index (χ2v) is 5.87. The predicted molar refractivity (Wildman–Crippen MR) is 75.9 cm³/mol. The minimum atomic E-state index is 0.253. The first-order valence-corrected chi connectivity index (χ1v) is 6.91. The Bertz CT molecular complexity index is 396. The number of nitrogens with two attached hydrogens (primary N) is 1. The highest BCUT2D eigenvalue weighted by Gasteiger charge is 2.32. The molecule has 0 radical (unpaired) electrons. The largest absolute Gasteiger partial charge is 0.381 e. The summed E-state index contributed by atoms with van der Waals surface area (Å²) in [6.45, 7) is 9.10. The number of rotatable bonds is 3. The van der Waals surface area contributed by atoms with Gasteiger partial charge in [0.1, 0.15) is 0 Å². The normalized spacial score (nSPS) is 18.9. The van der Waals surface area contributed by atoms with Gasteiger partial charge in [-0.25, -0.2) is 0 Å². The molecule has 0 bridgehead atoms. The van der Waals surface area contributed by atoms with Crippen molar-refractivity contribution < 1.29 is 4.74 Å². The first-order valence-electron chi connectivity index (χ1n) is 6.91. The maximum atomic E-state index is 6.06. The van der Waals surface area contributed by atoms with Crippen LogP contribution in [-0.2, 0) is 11.2 Å². The van der Waals surface area contributed by atoms with Crippen molar-refractivity contribution in [1.29, 1.82) is 0 Å². The Morgan fingerprint density at radius 1 is 1.11 bits per heavy atom. The van der Waals surface area contributed by atoms with Crippen molar-refractivity contribution in [1.82, 2.24) is 0 Å². The summed E-state index contributed by atoms with van der Waals surface area (Å²) >= 11 is 0. The van der Waals surface area contributed by atoms with Crippen LogP contribution in [0, 0.1) is 26.2 Å². The Balaban J connectivity index is 2.27. The van der Waals surface area contributed by atoms with Crippen molar-refractivity contribution >= 4 is 0 Å². The first kappa shape index (κ1) is 13.6. The monoisotopic (exact) mass is 247 g/mol. The molecule has 0 aliphatic carbocycles. The van der Waals surface area contributed by atoms with Gasteiger partial charge in [0.25, 0.3) is 0 Å². The second kappa shape index (κ2) is 5.41. The van der Waals surface area contributed by atoms with Gasteiger partial charge in [0.2, 0.25) is 0 Å². The fourth-order valence-corrected chi connectivity index (χ4v) is 3.12. The van der Waals surface area contributed by atoms with Crippen LogP contribution >= 0.6 is 0 Å². The first-order chi connectivity index (χ1) is 8.56. The van der Waals surface area contributed by atoms with Gasteiger partial charge in [-0.1, -0.05) is 17.7 Å². The molecule has 0 aromatic heterocycles. The van der Waals surface area contributed by atoms with Crippen molar-refractivity contribution in [3.05, 3.63) is 34.4 Å². The molecule has 2 N–H and O–H groups in total. The molecule has 2 heteroatoms. The minimum Gasteiger partial charge on any atom is -0.381 e. The van der Waals surface area contributed by atoms with Crippen molar-refractivity contribution in [2.24, 2.45) is 11.1 Å². The van der Waals surface area contributed by atoms with Crippen LogP contribution in [0.2, 0.25) is 0 Å². The van der Waals surface area contributed by atoms with E-state index in [0.29, 0.717) is 0 Å². The Kier molecular flexibility index (Phi) is 4.08. The maximum Gasteiger partial charge on any atom is 0.0471 e. The molecular formula is C16H25NO. The molecule has 0 spiro atoms. The molecule has 1 aromatic carbocycles. The quantitative estimate of drug-likeness (QED) is 0.891. The molecule has 2 rings (SSSR count). The van der Waals surface area contributed by atoms with E-state index in [1.165, 1.54) is 22.3 Å². The van der Waals surface area contributed by atoms with Crippen LogP contribution in [0.3, 0.4) is 0 Å². The lowest BCUT2D eigenvalue weighted by atomic mass is 9.74. The number of hydrogen-bond donors (Lipinski definition) is 1. The van der Waals surface area contributed by atoms with Gasteiger partial charge in [-0.3, -0.25) is 0 Å².